The van der Waals surface area contributed by atoms with Crippen LogP contribution in [0.2, 0.25) is 0 Å². The average molecular weight is 527 g/mol. The molecule has 0 fully saturated rings. The molecule has 0 amide bonds. The number of aliphatic carboxylic acids is 3. The van der Waals surface area contributed by atoms with Crippen molar-refractivity contribution in [3.63, 3.8) is 0 Å². The van der Waals surface area contributed by atoms with Crippen LogP contribution in [0.3, 0.4) is 0 Å². The maximum atomic E-state index is 12.5. The number of carbonyl (C=O) groups is 3. The number of hydrogen-bond acceptors (Lipinski definition) is 3. The van der Waals surface area contributed by atoms with E-state index in [0.717, 1.165) is 44.9 Å². The summed E-state index contributed by atoms with van der Waals surface area (Å²) in [6.45, 7) is 8.10. The van der Waals surface area contributed by atoms with Gasteiger partial charge in [-0.25, -0.2) is 14.4 Å². The van der Waals surface area contributed by atoms with Crippen LogP contribution in [0.15, 0.2) is 12.2 Å². The molecule has 0 saturated carbocycles. The van der Waals surface area contributed by atoms with Gasteiger partial charge in [0.05, 0.1) is 6.54 Å². The SMILES string of the molecule is CCCCC/C=C/CCCCCCCC[N+](C(CCC)C(=O)O)(C(CCC)C(=O)O)C(CCC)C(=O)O. The molecule has 0 aliphatic carbocycles. The summed E-state index contributed by atoms with van der Waals surface area (Å²) in [5.41, 5.74) is 0. The third-order valence-corrected chi connectivity index (χ3v) is 7.59. The van der Waals surface area contributed by atoms with Crippen molar-refractivity contribution in [2.45, 2.75) is 155 Å². The van der Waals surface area contributed by atoms with E-state index >= 15 is 0 Å². The average Bonchev–Trinajstić information content (AvgIpc) is 2.85. The van der Waals surface area contributed by atoms with Gasteiger partial charge in [0, 0.05) is 19.3 Å². The molecule has 37 heavy (non-hydrogen) atoms. The van der Waals surface area contributed by atoms with Gasteiger partial charge < -0.3 is 15.3 Å². The van der Waals surface area contributed by atoms with Gasteiger partial charge in [0.15, 0.2) is 18.1 Å². The summed E-state index contributed by atoms with van der Waals surface area (Å²) in [5.74, 6) is -3.27. The van der Waals surface area contributed by atoms with Gasteiger partial charge in [-0.05, 0) is 57.8 Å². The lowest BCUT2D eigenvalue weighted by Gasteiger charge is -2.50. The van der Waals surface area contributed by atoms with Gasteiger partial charge in [-0.1, -0.05) is 72.0 Å². The molecule has 0 aromatic rings. The Morgan fingerprint density at radius 3 is 1.24 bits per heavy atom. The molecular formula is C30H56NO6+. The molecule has 0 spiro atoms. The summed E-state index contributed by atoms with van der Waals surface area (Å²) < 4.78 is -0.377. The van der Waals surface area contributed by atoms with Crippen molar-refractivity contribution in [2.75, 3.05) is 6.54 Å². The number of rotatable bonds is 25. The highest BCUT2D eigenvalue weighted by Gasteiger charge is 2.56. The monoisotopic (exact) mass is 526 g/mol. The fourth-order valence-corrected chi connectivity index (χ4v) is 5.75. The van der Waals surface area contributed by atoms with E-state index in [-0.39, 0.29) is 30.3 Å². The van der Waals surface area contributed by atoms with Crippen molar-refractivity contribution in [1.82, 2.24) is 0 Å². The zero-order valence-electron chi connectivity index (χ0n) is 24.1. The summed E-state index contributed by atoms with van der Waals surface area (Å²) in [7, 11) is 0. The molecule has 0 heterocycles. The third kappa shape index (κ3) is 12.5. The Kier molecular flexibility index (Phi) is 20.0. The molecule has 0 aromatic carbocycles. The van der Waals surface area contributed by atoms with Gasteiger partial charge >= 0.3 is 17.9 Å². The molecule has 7 heteroatoms. The van der Waals surface area contributed by atoms with Gasteiger partial charge in [0.25, 0.3) is 0 Å². The van der Waals surface area contributed by atoms with Crippen molar-refractivity contribution in [3.05, 3.63) is 12.2 Å². The maximum absolute atomic E-state index is 12.5. The molecule has 0 aliphatic heterocycles. The molecule has 7 nitrogen and oxygen atoms in total. The van der Waals surface area contributed by atoms with E-state index in [9.17, 15) is 29.7 Å². The Balaban J connectivity index is 5.48. The first kappa shape index (κ1) is 35.1. The van der Waals surface area contributed by atoms with E-state index < -0.39 is 36.0 Å². The first-order valence-corrected chi connectivity index (χ1v) is 14.9. The van der Waals surface area contributed by atoms with Crippen LogP contribution in [0, 0.1) is 0 Å². The number of carboxylic acids is 3. The largest absolute Gasteiger partial charge is 0.477 e. The molecule has 0 saturated heterocycles. The number of hydrogen-bond donors (Lipinski definition) is 3. The second-order valence-electron chi connectivity index (χ2n) is 10.5. The lowest BCUT2D eigenvalue weighted by Crippen LogP contribution is -2.72. The van der Waals surface area contributed by atoms with Crippen LogP contribution in [-0.2, 0) is 14.4 Å². The van der Waals surface area contributed by atoms with Gasteiger partial charge in [0.1, 0.15) is 0 Å². The zero-order chi connectivity index (χ0) is 28.1. The highest BCUT2D eigenvalue weighted by atomic mass is 16.4. The Labute approximate surface area is 225 Å². The summed E-state index contributed by atoms with van der Waals surface area (Å²) >= 11 is 0. The van der Waals surface area contributed by atoms with E-state index in [1.54, 1.807) is 0 Å². The topological polar surface area (TPSA) is 112 Å². The normalized spacial score (nSPS) is 15.8. The Bertz CT molecular complexity index is 603. The van der Waals surface area contributed by atoms with Crippen LogP contribution in [0.25, 0.3) is 0 Å². The summed E-state index contributed by atoms with van der Waals surface area (Å²) in [6, 6.07) is -3.14. The van der Waals surface area contributed by atoms with Crippen LogP contribution in [0.5, 0.6) is 0 Å². The van der Waals surface area contributed by atoms with E-state index in [0.29, 0.717) is 25.7 Å². The predicted octanol–water partition coefficient (Wildman–Crippen LogP) is 7.43. The molecule has 3 atom stereocenters. The molecular weight excluding hydrogens is 470 g/mol. The van der Waals surface area contributed by atoms with Crippen LogP contribution >= 0.6 is 0 Å². The number of unbranched alkanes of at least 4 members (excludes halogenated alkanes) is 9. The summed E-state index contributed by atoms with van der Waals surface area (Å²) in [5, 5.41) is 30.7. The van der Waals surface area contributed by atoms with Crippen LogP contribution in [-0.4, -0.2) is 62.4 Å². The first-order valence-electron chi connectivity index (χ1n) is 14.9. The smallest absolute Gasteiger partial charge is 0.362 e. The Hall–Kier alpha value is -1.89. The second-order valence-corrected chi connectivity index (χ2v) is 10.5. The molecule has 3 unspecified atom stereocenters. The molecule has 0 radical (unpaired) electrons. The van der Waals surface area contributed by atoms with Gasteiger partial charge in [-0.15, -0.1) is 0 Å². The van der Waals surface area contributed by atoms with Crippen LogP contribution in [0.4, 0.5) is 0 Å². The minimum absolute atomic E-state index is 0.266. The lowest BCUT2D eigenvalue weighted by atomic mass is 9.91. The van der Waals surface area contributed by atoms with Crippen LogP contribution in [0.1, 0.15) is 137 Å². The number of allylic oxidation sites excluding steroid dienone is 2. The first-order chi connectivity index (χ1) is 17.7. The highest BCUT2D eigenvalue weighted by molar-refractivity contribution is 5.78. The second kappa shape index (κ2) is 21.1. The molecule has 3 N–H and O–H groups in total. The molecule has 0 rings (SSSR count). The fourth-order valence-electron chi connectivity index (χ4n) is 5.75. The minimum atomic E-state index is -1.09. The van der Waals surface area contributed by atoms with Crippen molar-refractivity contribution >= 4 is 17.9 Å². The quantitative estimate of drug-likeness (QED) is 0.0648. The molecule has 216 valence electrons. The number of nitrogens with zero attached hydrogens (tertiary/aromatic N) is 1. The third-order valence-electron chi connectivity index (χ3n) is 7.59. The Morgan fingerprint density at radius 1 is 0.541 bits per heavy atom. The van der Waals surface area contributed by atoms with Crippen molar-refractivity contribution in [2.24, 2.45) is 0 Å². The zero-order valence-corrected chi connectivity index (χ0v) is 24.1. The van der Waals surface area contributed by atoms with Crippen molar-refractivity contribution in [3.8, 4) is 0 Å². The van der Waals surface area contributed by atoms with Gasteiger partial charge in [-0.2, -0.15) is 0 Å². The van der Waals surface area contributed by atoms with E-state index in [2.05, 4.69) is 19.1 Å². The predicted molar refractivity (Wildman–Crippen MR) is 150 cm³/mol. The van der Waals surface area contributed by atoms with Crippen molar-refractivity contribution < 1.29 is 34.2 Å². The highest BCUT2D eigenvalue weighted by Crippen LogP contribution is 2.34. The maximum Gasteiger partial charge on any atom is 0.362 e. The summed E-state index contributed by atoms with van der Waals surface area (Å²) in [6.07, 6.45) is 18.9. The van der Waals surface area contributed by atoms with Gasteiger partial charge in [0.2, 0.25) is 0 Å². The number of quaternary nitrogens is 1. The van der Waals surface area contributed by atoms with Crippen molar-refractivity contribution in [1.29, 1.82) is 0 Å². The number of carboxylic acid groups (broad SMARTS) is 3. The van der Waals surface area contributed by atoms with E-state index in [1.165, 1.54) is 19.3 Å². The van der Waals surface area contributed by atoms with Gasteiger partial charge in [-0.3, -0.25) is 4.48 Å². The summed E-state index contributed by atoms with van der Waals surface area (Å²) in [4.78, 5) is 37.6. The standard InChI is InChI=1S/C30H55NO6/c1-5-9-10-11-12-13-14-15-16-17-18-19-20-24-31(25(21-6-2)28(32)33,26(22-7-3)29(34)35)27(23-8-4)30(36)37/h12-13,25-27H,5-11,14-24H2,1-4H3,(H2-,32,33,34,35,36,37)/p+1/b13-12+. The van der Waals surface area contributed by atoms with E-state index in [4.69, 9.17) is 0 Å². The minimum Gasteiger partial charge on any atom is -0.477 e. The molecule has 0 aromatic heterocycles. The molecule has 0 bridgehead atoms. The fraction of sp³-hybridized carbons (Fsp3) is 0.833. The van der Waals surface area contributed by atoms with E-state index in [1.807, 2.05) is 20.8 Å². The molecule has 0 aliphatic rings. The lowest BCUT2D eigenvalue weighted by molar-refractivity contribution is -0.973. The van der Waals surface area contributed by atoms with Crippen LogP contribution < -0.4 is 0 Å². The Morgan fingerprint density at radius 2 is 0.892 bits per heavy atom.